The van der Waals surface area contributed by atoms with E-state index in [1.54, 1.807) is 0 Å². The molecule has 2 nitrogen and oxygen atoms in total. The normalized spacial score (nSPS) is 14.7. The third-order valence-electron chi connectivity index (χ3n) is 3.69. The highest BCUT2D eigenvalue weighted by atomic mass is 35.5. The van der Waals surface area contributed by atoms with Crippen molar-refractivity contribution in [1.82, 2.24) is 5.32 Å². The SMILES string of the molecule is Cl.c1ccc(Cc2ccccc2N2CCNCC2)cc1. The van der Waals surface area contributed by atoms with Crippen LogP contribution in [0.3, 0.4) is 0 Å². The van der Waals surface area contributed by atoms with E-state index >= 15 is 0 Å². The fourth-order valence-corrected chi connectivity index (χ4v) is 2.69. The fraction of sp³-hybridized carbons (Fsp3) is 0.294. The van der Waals surface area contributed by atoms with Gasteiger partial charge in [-0.2, -0.15) is 0 Å². The summed E-state index contributed by atoms with van der Waals surface area (Å²) in [5.74, 6) is 0. The van der Waals surface area contributed by atoms with Crippen molar-refractivity contribution in [3.8, 4) is 0 Å². The Morgan fingerprint density at radius 2 is 1.50 bits per heavy atom. The summed E-state index contributed by atoms with van der Waals surface area (Å²) in [4.78, 5) is 2.49. The molecule has 1 saturated heterocycles. The number of para-hydroxylation sites is 1. The molecule has 106 valence electrons. The molecule has 1 fully saturated rings. The number of hydrogen-bond acceptors (Lipinski definition) is 2. The predicted octanol–water partition coefficient (Wildman–Crippen LogP) is 3.11. The molecule has 0 amide bonds. The van der Waals surface area contributed by atoms with Crippen molar-refractivity contribution in [3.63, 3.8) is 0 Å². The number of hydrogen-bond donors (Lipinski definition) is 1. The molecule has 0 aromatic heterocycles. The Balaban J connectivity index is 0.00000147. The molecule has 0 radical (unpaired) electrons. The lowest BCUT2D eigenvalue weighted by Crippen LogP contribution is -2.43. The zero-order valence-corrected chi connectivity index (χ0v) is 12.4. The van der Waals surface area contributed by atoms with Crippen LogP contribution in [-0.4, -0.2) is 26.2 Å². The average Bonchev–Trinajstić information content (AvgIpc) is 2.50. The average molecular weight is 289 g/mol. The summed E-state index contributed by atoms with van der Waals surface area (Å²) in [5.41, 5.74) is 4.20. The van der Waals surface area contributed by atoms with Crippen LogP contribution in [0.5, 0.6) is 0 Å². The van der Waals surface area contributed by atoms with Gasteiger partial charge in [-0.3, -0.25) is 0 Å². The van der Waals surface area contributed by atoms with E-state index in [4.69, 9.17) is 0 Å². The highest BCUT2D eigenvalue weighted by molar-refractivity contribution is 5.85. The summed E-state index contributed by atoms with van der Waals surface area (Å²) < 4.78 is 0. The number of halogens is 1. The molecule has 1 heterocycles. The Labute approximate surface area is 127 Å². The summed E-state index contributed by atoms with van der Waals surface area (Å²) in [6, 6.07) is 19.5. The van der Waals surface area contributed by atoms with Crippen LogP contribution in [0.2, 0.25) is 0 Å². The summed E-state index contributed by atoms with van der Waals surface area (Å²) in [7, 11) is 0. The minimum absolute atomic E-state index is 0. The lowest BCUT2D eigenvalue weighted by molar-refractivity contribution is 0.588. The molecule has 3 heteroatoms. The molecular formula is C17H21ClN2. The van der Waals surface area contributed by atoms with Gasteiger partial charge in [0.15, 0.2) is 0 Å². The topological polar surface area (TPSA) is 15.3 Å². The maximum Gasteiger partial charge on any atom is 0.0403 e. The van der Waals surface area contributed by atoms with Crippen LogP contribution in [-0.2, 0) is 6.42 Å². The number of piperazine rings is 1. The standard InChI is InChI=1S/C17H20N2.ClH/c1-2-6-15(7-3-1)14-16-8-4-5-9-17(16)19-12-10-18-11-13-19;/h1-9,18H,10-14H2;1H. The van der Waals surface area contributed by atoms with E-state index in [0.717, 1.165) is 32.6 Å². The van der Waals surface area contributed by atoms with Crippen molar-refractivity contribution in [1.29, 1.82) is 0 Å². The third kappa shape index (κ3) is 3.53. The number of rotatable bonds is 3. The molecule has 20 heavy (non-hydrogen) atoms. The molecule has 0 saturated carbocycles. The zero-order valence-electron chi connectivity index (χ0n) is 11.6. The molecule has 0 spiro atoms. The van der Waals surface area contributed by atoms with Gasteiger partial charge in [0.1, 0.15) is 0 Å². The second-order valence-electron chi connectivity index (χ2n) is 5.03. The molecule has 2 aromatic carbocycles. The van der Waals surface area contributed by atoms with E-state index in [1.807, 2.05) is 0 Å². The first-order valence-electron chi connectivity index (χ1n) is 7.01. The molecule has 2 aromatic rings. The second-order valence-corrected chi connectivity index (χ2v) is 5.03. The van der Waals surface area contributed by atoms with Gasteiger partial charge < -0.3 is 10.2 Å². The van der Waals surface area contributed by atoms with Gasteiger partial charge in [0.2, 0.25) is 0 Å². The molecule has 0 aliphatic carbocycles. The first-order valence-corrected chi connectivity index (χ1v) is 7.01. The van der Waals surface area contributed by atoms with Crippen molar-refractivity contribution in [2.24, 2.45) is 0 Å². The van der Waals surface area contributed by atoms with Crippen molar-refractivity contribution < 1.29 is 0 Å². The number of benzene rings is 2. The Kier molecular flexibility index (Phi) is 5.45. The Morgan fingerprint density at radius 1 is 0.850 bits per heavy atom. The van der Waals surface area contributed by atoms with Gasteiger partial charge in [0.05, 0.1) is 0 Å². The molecule has 0 unspecified atom stereocenters. The number of nitrogens with one attached hydrogen (secondary N) is 1. The lowest BCUT2D eigenvalue weighted by atomic mass is 10.0. The zero-order chi connectivity index (χ0) is 12.9. The van der Waals surface area contributed by atoms with Crippen molar-refractivity contribution in [2.45, 2.75) is 6.42 Å². The molecular weight excluding hydrogens is 268 g/mol. The quantitative estimate of drug-likeness (QED) is 0.934. The summed E-state index contributed by atoms with van der Waals surface area (Å²) >= 11 is 0. The summed E-state index contributed by atoms with van der Waals surface area (Å²) in [5, 5.41) is 3.41. The molecule has 0 bridgehead atoms. The van der Waals surface area contributed by atoms with Crippen LogP contribution >= 0.6 is 12.4 Å². The van der Waals surface area contributed by atoms with E-state index in [-0.39, 0.29) is 12.4 Å². The van der Waals surface area contributed by atoms with Crippen molar-refractivity contribution >= 4 is 18.1 Å². The monoisotopic (exact) mass is 288 g/mol. The van der Waals surface area contributed by atoms with Crippen LogP contribution in [0.4, 0.5) is 5.69 Å². The first-order chi connectivity index (χ1) is 9.43. The smallest absolute Gasteiger partial charge is 0.0403 e. The van der Waals surface area contributed by atoms with E-state index in [2.05, 4.69) is 64.8 Å². The second kappa shape index (κ2) is 7.32. The number of nitrogens with zero attached hydrogens (tertiary/aromatic N) is 1. The minimum atomic E-state index is 0. The van der Waals surface area contributed by atoms with Gasteiger partial charge in [0, 0.05) is 31.9 Å². The highest BCUT2D eigenvalue weighted by Gasteiger charge is 2.13. The molecule has 1 aliphatic heterocycles. The largest absolute Gasteiger partial charge is 0.369 e. The fourth-order valence-electron chi connectivity index (χ4n) is 2.69. The highest BCUT2D eigenvalue weighted by Crippen LogP contribution is 2.23. The van der Waals surface area contributed by atoms with Gasteiger partial charge in [-0.1, -0.05) is 48.5 Å². The van der Waals surface area contributed by atoms with Gasteiger partial charge in [-0.25, -0.2) is 0 Å². The molecule has 1 aliphatic rings. The Morgan fingerprint density at radius 3 is 2.25 bits per heavy atom. The van der Waals surface area contributed by atoms with E-state index in [9.17, 15) is 0 Å². The predicted molar refractivity (Wildman–Crippen MR) is 88.0 cm³/mol. The van der Waals surface area contributed by atoms with Gasteiger partial charge >= 0.3 is 0 Å². The van der Waals surface area contributed by atoms with Crippen LogP contribution in [0.15, 0.2) is 54.6 Å². The van der Waals surface area contributed by atoms with Gasteiger partial charge in [0.25, 0.3) is 0 Å². The van der Waals surface area contributed by atoms with Crippen LogP contribution in [0.25, 0.3) is 0 Å². The Hall–Kier alpha value is -1.51. The molecule has 0 atom stereocenters. The Bertz CT molecular complexity index is 522. The van der Waals surface area contributed by atoms with Gasteiger partial charge in [-0.05, 0) is 23.6 Å². The maximum atomic E-state index is 3.41. The van der Waals surface area contributed by atoms with Crippen LogP contribution < -0.4 is 10.2 Å². The maximum absolute atomic E-state index is 3.41. The molecule has 3 rings (SSSR count). The van der Waals surface area contributed by atoms with Crippen LogP contribution in [0, 0.1) is 0 Å². The van der Waals surface area contributed by atoms with E-state index in [0.29, 0.717) is 0 Å². The molecule has 1 N–H and O–H groups in total. The van der Waals surface area contributed by atoms with Gasteiger partial charge in [-0.15, -0.1) is 12.4 Å². The summed E-state index contributed by atoms with van der Waals surface area (Å²) in [6.45, 7) is 4.37. The van der Waals surface area contributed by atoms with E-state index < -0.39 is 0 Å². The lowest BCUT2D eigenvalue weighted by Gasteiger charge is -2.31. The minimum Gasteiger partial charge on any atom is -0.369 e. The van der Waals surface area contributed by atoms with Crippen molar-refractivity contribution in [2.75, 3.05) is 31.1 Å². The van der Waals surface area contributed by atoms with Crippen molar-refractivity contribution in [3.05, 3.63) is 65.7 Å². The van der Waals surface area contributed by atoms with Crippen LogP contribution in [0.1, 0.15) is 11.1 Å². The van der Waals surface area contributed by atoms with E-state index in [1.165, 1.54) is 16.8 Å². The third-order valence-corrected chi connectivity index (χ3v) is 3.69. The number of anilines is 1. The summed E-state index contributed by atoms with van der Waals surface area (Å²) in [6.07, 6.45) is 1.01. The first kappa shape index (κ1) is 14.9.